The van der Waals surface area contributed by atoms with E-state index in [4.69, 9.17) is 10.8 Å². The van der Waals surface area contributed by atoms with Crippen molar-refractivity contribution in [3.8, 4) is 0 Å². The Labute approximate surface area is 120 Å². The number of rotatable bonds is 5. The van der Waals surface area contributed by atoms with Crippen molar-refractivity contribution in [2.24, 2.45) is 0 Å². The van der Waals surface area contributed by atoms with Gasteiger partial charge in [0.05, 0.1) is 11.3 Å². The van der Waals surface area contributed by atoms with Crippen LogP contribution in [0.25, 0.3) is 0 Å². The summed E-state index contributed by atoms with van der Waals surface area (Å²) >= 11 is 1.47. The molecule has 104 valence electrons. The topological polar surface area (TPSA) is 101 Å². The van der Waals surface area contributed by atoms with E-state index >= 15 is 0 Å². The number of nitrogen functional groups attached to an aromatic ring is 1. The summed E-state index contributed by atoms with van der Waals surface area (Å²) in [6, 6.07) is 8.19. The van der Waals surface area contributed by atoms with Crippen molar-refractivity contribution in [3.63, 3.8) is 0 Å². The Morgan fingerprint density at radius 1 is 1.40 bits per heavy atom. The molecule has 0 fully saturated rings. The molecule has 2 rings (SSSR count). The quantitative estimate of drug-likeness (QED) is 0.574. The molecule has 0 radical (unpaired) electrons. The van der Waals surface area contributed by atoms with Crippen LogP contribution in [0, 0.1) is 0 Å². The summed E-state index contributed by atoms with van der Waals surface area (Å²) in [5.74, 6) is 0.640. The van der Waals surface area contributed by atoms with E-state index in [1.54, 1.807) is 24.3 Å². The van der Waals surface area contributed by atoms with E-state index < -0.39 is 5.97 Å². The van der Waals surface area contributed by atoms with Gasteiger partial charge in [0.25, 0.3) is 0 Å². The van der Waals surface area contributed by atoms with Crippen LogP contribution in [0.4, 0.5) is 17.3 Å². The third-order valence-electron chi connectivity index (χ3n) is 2.42. The molecule has 2 aromatic rings. The number of anilines is 3. The summed E-state index contributed by atoms with van der Waals surface area (Å²) in [7, 11) is 0. The first-order chi connectivity index (χ1) is 9.60. The van der Waals surface area contributed by atoms with Gasteiger partial charge in [-0.05, 0) is 17.9 Å². The third-order valence-corrected chi connectivity index (χ3v) is 3.15. The zero-order chi connectivity index (χ0) is 14.5. The first-order valence-electron chi connectivity index (χ1n) is 5.97. The summed E-state index contributed by atoms with van der Waals surface area (Å²) in [5.41, 5.74) is 6.36. The fraction of sp³-hybridized carbons (Fsp3) is 0.154. The number of benzene rings is 1. The van der Waals surface area contributed by atoms with E-state index in [1.165, 1.54) is 17.8 Å². The number of aromatic carboxylic acids is 1. The normalized spacial score (nSPS) is 10.2. The first kappa shape index (κ1) is 14.1. The molecule has 0 bridgehead atoms. The zero-order valence-corrected chi connectivity index (χ0v) is 11.6. The van der Waals surface area contributed by atoms with Gasteiger partial charge in [0, 0.05) is 6.07 Å². The van der Waals surface area contributed by atoms with E-state index in [1.807, 2.05) is 6.92 Å². The monoisotopic (exact) mass is 290 g/mol. The van der Waals surface area contributed by atoms with E-state index in [9.17, 15) is 4.79 Å². The lowest BCUT2D eigenvalue weighted by Crippen LogP contribution is -2.05. The predicted octanol–water partition coefficient (Wildman–Crippen LogP) is 2.61. The summed E-state index contributed by atoms with van der Waals surface area (Å²) in [6.07, 6.45) is 0. The lowest BCUT2D eigenvalue weighted by Gasteiger charge is -2.10. The van der Waals surface area contributed by atoms with Crippen molar-refractivity contribution in [2.75, 3.05) is 16.8 Å². The molecule has 4 N–H and O–H groups in total. The molecule has 0 spiro atoms. The van der Waals surface area contributed by atoms with Crippen molar-refractivity contribution in [3.05, 3.63) is 35.9 Å². The van der Waals surface area contributed by atoms with Crippen LogP contribution in [-0.4, -0.2) is 26.8 Å². The molecule has 7 heteroatoms. The smallest absolute Gasteiger partial charge is 0.337 e. The fourth-order valence-electron chi connectivity index (χ4n) is 1.62. The maximum atomic E-state index is 11.1. The predicted molar refractivity (Wildman–Crippen MR) is 79.5 cm³/mol. The number of nitrogens with zero attached hydrogens (tertiary/aromatic N) is 2. The molecular weight excluding hydrogens is 276 g/mol. The van der Waals surface area contributed by atoms with E-state index in [0.717, 1.165) is 5.75 Å². The lowest BCUT2D eigenvalue weighted by atomic mass is 10.2. The number of hydrogen-bond acceptors (Lipinski definition) is 6. The standard InChI is InChI=1S/C13H14N4O2S/c1-2-20-13-16-10(14)7-11(17-13)15-9-6-4-3-5-8(9)12(18)19/h3-7H,2H2,1H3,(H,18,19)(H3,14,15,16,17). The second kappa shape index (κ2) is 6.25. The van der Waals surface area contributed by atoms with Crippen molar-refractivity contribution in [1.82, 2.24) is 9.97 Å². The number of carbonyl (C=O) groups is 1. The third kappa shape index (κ3) is 3.39. The van der Waals surface area contributed by atoms with Crippen LogP contribution in [0.5, 0.6) is 0 Å². The average molecular weight is 290 g/mol. The Morgan fingerprint density at radius 2 is 2.15 bits per heavy atom. The number of thioether (sulfide) groups is 1. The van der Waals surface area contributed by atoms with Crippen molar-refractivity contribution < 1.29 is 9.90 Å². The highest BCUT2D eigenvalue weighted by atomic mass is 32.2. The molecule has 0 saturated heterocycles. The highest BCUT2D eigenvalue weighted by Crippen LogP contribution is 2.23. The van der Waals surface area contributed by atoms with Crippen molar-refractivity contribution >= 4 is 35.1 Å². The summed E-state index contributed by atoms with van der Waals surface area (Å²) in [5, 5.41) is 12.7. The van der Waals surface area contributed by atoms with Crippen LogP contribution in [0.1, 0.15) is 17.3 Å². The maximum Gasteiger partial charge on any atom is 0.337 e. The molecule has 0 aliphatic carbocycles. The molecule has 0 amide bonds. The minimum Gasteiger partial charge on any atom is -0.478 e. The highest BCUT2D eigenvalue weighted by molar-refractivity contribution is 7.99. The van der Waals surface area contributed by atoms with E-state index in [2.05, 4.69) is 15.3 Å². The number of aromatic nitrogens is 2. The van der Waals surface area contributed by atoms with Gasteiger partial charge in [0.1, 0.15) is 11.6 Å². The van der Waals surface area contributed by atoms with Gasteiger partial charge < -0.3 is 16.2 Å². The molecule has 0 aliphatic heterocycles. The molecule has 0 unspecified atom stereocenters. The number of nitrogens with two attached hydrogens (primary N) is 1. The maximum absolute atomic E-state index is 11.1. The highest BCUT2D eigenvalue weighted by Gasteiger charge is 2.10. The summed E-state index contributed by atoms with van der Waals surface area (Å²) in [6.45, 7) is 1.99. The van der Waals surface area contributed by atoms with Crippen molar-refractivity contribution in [2.45, 2.75) is 12.1 Å². The van der Waals surface area contributed by atoms with Gasteiger partial charge in [0.15, 0.2) is 5.16 Å². The van der Waals surface area contributed by atoms with Gasteiger partial charge in [0.2, 0.25) is 0 Å². The van der Waals surface area contributed by atoms with Crippen LogP contribution < -0.4 is 11.1 Å². The van der Waals surface area contributed by atoms with Crippen LogP contribution >= 0.6 is 11.8 Å². The molecule has 1 aromatic heterocycles. The van der Waals surface area contributed by atoms with E-state index in [-0.39, 0.29) is 5.56 Å². The molecule has 6 nitrogen and oxygen atoms in total. The first-order valence-corrected chi connectivity index (χ1v) is 6.95. The van der Waals surface area contributed by atoms with Crippen LogP contribution in [0.3, 0.4) is 0 Å². The lowest BCUT2D eigenvalue weighted by molar-refractivity contribution is 0.0698. The zero-order valence-electron chi connectivity index (χ0n) is 10.8. The van der Waals surface area contributed by atoms with Gasteiger partial charge in [-0.3, -0.25) is 0 Å². The van der Waals surface area contributed by atoms with Crippen LogP contribution in [0.2, 0.25) is 0 Å². The second-order valence-corrected chi connectivity index (χ2v) is 5.10. The van der Waals surface area contributed by atoms with E-state index in [0.29, 0.717) is 22.5 Å². The van der Waals surface area contributed by atoms with Gasteiger partial charge in [-0.1, -0.05) is 30.8 Å². The largest absolute Gasteiger partial charge is 0.478 e. The summed E-state index contributed by atoms with van der Waals surface area (Å²) < 4.78 is 0. The van der Waals surface area contributed by atoms with Crippen LogP contribution in [0.15, 0.2) is 35.5 Å². The molecular formula is C13H14N4O2S. The molecule has 0 aliphatic rings. The number of hydrogen-bond donors (Lipinski definition) is 3. The number of para-hydroxylation sites is 1. The fourth-order valence-corrected chi connectivity index (χ4v) is 2.21. The number of carboxylic acids is 1. The molecule has 0 saturated carbocycles. The number of carboxylic acid groups (broad SMARTS) is 1. The number of nitrogens with one attached hydrogen (secondary N) is 1. The van der Waals surface area contributed by atoms with Crippen molar-refractivity contribution in [1.29, 1.82) is 0 Å². The molecule has 0 atom stereocenters. The second-order valence-electron chi connectivity index (χ2n) is 3.87. The van der Waals surface area contributed by atoms with Crippen LogP contribution in [-0.2, 0) is 0 Å². The Bertz CT molecular complexity index is 634. The Hall–Kier alpha value is -2.28. The Kier molecular flexibility index (Phi) is 4.41. The Morgan fingerprint density at radius 3 is 2.85 bits per heavy atom. The Balaban J connectivity index is 2.32. The molecule has 20 heavy (non-hydrogen) atoms. The molecule has 1 aromatic carbocycles. The minimum atomic E-state index is -1.00. The van der Waals surface area contributed by atoms with Gasteiger partial charge >= 0.3 is 5.97 Å². The SMILES string of the molecule is CCSc1nc(N)cc(Nc2ccccc2C(=O)O)n1. The van der Waals surface area contributed by atoms with Gasteiger partial charge in [-0.25, -0.2) is 14.8 Å². The molecule has 1 heterocycles. The van der Waals surface area contributed by atoms with Gasteiger partial charge in [-0.2, -0.15) is 0 Å². The summed E-state index contributed by atoms with van der Waals surface area (Å²) in [4.78, 5) is 19.5. The van der Waals surface area contributed by atoms with Gasteiger partial charge in [-0.15, -0.1) is 0 Å². The average Bonchev–Trinajstić information content (AvgIpc) is 2.38. The minimum absolute atomic E-state index is 0.175.